The minimum absolute atomic E-state index is 0.0584. The van der Waals surface area contributed by atoms with Gasteiger partial charge in [-0.15, -0.1) is 0 Å². The fourth-order valence-corrected chi connectivity index (χ4v) is 5.79. The highest BCUT2D eigenvalue weighted by Gasteiger charge is 2.42. The van der Waals surface area contributed by atoms with E-state index in [1.54, 1.807) is 30.0 Å². The monoisotopic (exact) mass is 568 g/mol. The van der Waals surface area contributed by atoms with E-state index in [-0.39, 0.29) is 30.7 Å². The van der Waals surface area contributed by atoms with Gasteiger partial charge in [-0.1, -0.05) is 35.0 Å². The third-order valence-corrected chi connectivity index (χ3v) is 8.22. The molecule has 0 spiro atoms. The van der Waals surface area contributed by atoms with Crippen molar-refractivity contribution in [2.24, 2.45) is 5.41 Å². The predicted octanol–water partition coefficient (Wildman–Crippen LogP) is 4.91. The van der Waals surface area contributed by atoms with Crippen LogP contribution in [0.4, 0.5) is 4.39 Å². The van der Waals surface area contributed by atoms with Crippen molar-refractivity contribution in [1.82, 2.24) is 19.9 Å². The Kier molecular flexibility index (Phi) is 8.42. The van der Waals surface area contributed by atoms with E-state index in [4.69, 9.17) is 20.9 Å². The molecule has 8 nitrogen and oxygen atoms in total. The predicted molar refractivity (Wildman–Crippen MR) is 150 cm³/mol. The second kappa shape index (κ2) is 12.0. The molecule has 1 aromatic heterocycles. The quantitative estimate of drug-likeness (QED) is 0.403. The molecule has 2 aromatic carbocycles. The van der Waals surface area contributed by atoms with Crippen LogP contribution < -0.4 is 4.74 Å². The molecule has 10 heteroatoms. The molecule has 0 bridgehead atoms. The normalized spacial score (nSPS) is 20.0. The van der Waals surface area contributed by atoms with Gasteiger partial charge < -0.3 is 24.0 Å². The lowest BCUT2D eigenvalue weighted by atomic mass is 9.77. The van der Waals surface area contributed by atoms with Gasteiger partial charge in [-0.2, -0.15) is 0 Å². The van der Waals surface area contributed by atoms with E-state index >= 15 is 0 Å². The van der Waals surface area contributed by atoms with E-state index in [0.29, 0.717) is 66.0 Å². The number of piperazine rings is 1. The van der Waals surface area contributed by atoms with E-state index < -0.39 is 5.41 Å². The van der Waals surface area contributed by atoms with Crippen molar-refractivity contribution in [3.05, 3.63) is 70.7 Å². The summed E-state index contributed by atoms with van der Waals surface area (Å²) in [6.45, 7) is 5.81. The average Bonchev–Trinajstić information content (AvgIpc) is 3.34. The molecule has 2 amide bonds. The van der Waals surface area contributed by atoms with Crippen molar-refractivity contribution in [3.63, 3.8) is 0 Å². The second-order valence-electron chi connectivity index (χ2n) is 10.9. The van der Waals surface area contributed by atoms with Crippen molar-refractivity contribution < 1.29 is 23.2 Å². The van der Waals surface area contributed by atoms with Gasteiger partial charge in [0.15, 0.2) is 0 Å². The first-order chi connectivity index (χ1) is 19.2. The minimum Gasteiger partial charge on any atom is -0.493 e. The number of amides is 2. The Bertz CT molecular complexity index is 1360. The van der Waals surface area contributed by atoms with Crippen molar-refractivity contribution in [2.75, 3.05) is 52.9 Å². The molecule has 0 unspecified atom stereocenters. The van der Waals surface area contributed by atoms with E-state index in [1.165, 1.54) is 12.1 Å². The number of carbonyl (C=O) groups excluding carboxylic acids is 2. The first-order valence-corrected chi connectivity index (χ1v) is 14.0. The molecular weight excluding hydrogens is 535 g/mol. The topological polar surface area (TPSA) is 79.1 Å². The number of likely N-dealkylation sites (N-methyl/N-ethyl adjacent to an activating group) is 1. The Morgan fingerprint density at radius 2 is 1.77 bits per heavy atom. The molecule has 2 saturated heterocycles. The largest absolute Gasteiger partial charge is 0.493 e. The highest BCUT2D eigenvalue weighted by molar-refractivity contribution is 6.33. The standard InChI is InChI=1S/C30H34ClFN4O4/c1-21-27(28(33-40-21)24-6-3-4-7-25(24)31)29(38)36-13-5-12-30(19-36,20-39-23-10-8-22(32)9-11-23)18-26(37)35-16-14-34(2)15-17-35/h3-4,6-11H,5,12-20H2,1-2H3/t30-/m0/s1. The maximum absolute atomic E-state index is 14.0. The summed E-state index contributed by atoms with van der Waals surface area (Å²) in [6.07, 6.45) is 1.68. The van der Waals surface area contributed by atoms with Gasteiger partial charge in [0.25, 0.3) is 5.91 Å². The van der Waals surface area contributed by atoms with Gasteiger partial charge in [-0.05, 0) is 57.1 Å². The number of aryl methyl sites for hydroxylation is 1. The van der Waals surface area contributed by atoms with Crippen LogP contribution in [0, 0.1) is 18.2 Å². The molecular formula is C30H34ClFN4O4. The maximum Gasteiger partial charge on any atom is 0.259 e. The van der Waals surface area contributed by atoms with Crippen molar-refractivity contribution in [1.29, 1.82) is 0 Å². The van der Waals surface area contributed by atoms with Crippen LogP contribution in [0.2, 0.25) is 5.02 Å². The first kappa shape index (κ1) is 28.1. The molecule has 2 aliphatic rings. The second-order valence-corrected chi connectivity index (χ2v) is 11.3. The fraction of sp³-hybridized carbons (Fsp3) is 0.433. The third-order valence-electron chi connectivity index (χ3n) is 7.90. The molecule has 1 atom stereocenters. The molecule has 212 valence electrons. The summed E-state index contributed by atoms with van der Waals surface area (Å²) in [6, 6.07) is 13.1. The summed E-state index contributed by atoms with van der Waals surface area (Å²) in [4.78, 5) is 33.4. The van der Waals surface area contributed by atoms with Crippen LogP contribution in [-0.4, -0.2) is 84.6 Å². The molecule has 2 aliphatic heterocycles. The van der Waals surface area contributed by atoms with E-state index in [2.05, 4.69) is 10.1 Å². The Balaban J connectivity index is 1.40. The zero-order valence-corrected chi connectivity index (χ0v) is 23.6. The number of halogens is 2. The van der Waals surface area contributed by atoms with E-state index in [0.717, 1.165) is 19.5 Å². The summed E-state index contributed by atoms with van der Waals surface area (Å²) >= 11 is 6.43. The Hall–Kier alpha value is -3.43. The van der Waals surface area contributed by atoms with Crippen LogP contribution >= 0.6 is 11.6 Å². The van der Waals surface area contributed by atoms with E-state index in [1.807, 2.05) is 30.1 Å². The summed E-state index contributed by atoms with van der Waals surface area (Å²) in [5.41, 5.74) is 0.782. The van der Waals surface area contributed by atoms with Crippen molar-refractivity contribution >= 4 is 23.4 Å². The highest BCUT2D eigenvalue weighted by Crippen LogP contribution is 2.38. The lowest BCUT2D eigenvalue weighted by molar-refractivity contribution is -0.137. The van der Waals surface area contributed by atoms with Gasteiger partial charge in [-0.25, -0.2) is 4.39 Å². The van der Waals surface area contributed by atoms with Gasteiger partial charge in [-0.3, -0.25) is 9.59 Å². The number of nitrogens with zero attached hydrogens (tertiary/aromatic N) is 4. The zero-order chi connectivity index (χ0) is 28.3. The molecule has 0 saturated carbocycles. The molecule has 40 heavy (non-hydrogen) atoms. The summed E-state index contributed by atoms with van der Waals surface area (Å²) in [5, 5.41) is 4.65. The van der Waals surface area contributed by atoms with Gasteiger partial charge in [0.05, 0.1) is 11.6 Å². The number of carbonyl (C=O) groups is 2. The number of aromatic nitrogens is 1. The molecule has 0 N–H and O–H groups in total. The summed E-state index contributed by atoms with van der Waals surface area (Å²) in [5.74, 6) is 0.425. The number of hydrogen-bond donors (Lipinski definition) is 0. The van der Waals surface area contributed by atoms with Gasteiger partial charge in [0.2, 0.25) is 5.91 Å². The number of rotatable bonds is 7. The Morgan fingerprint density at radius 3 is 2.50 bits per heavy atom. The van der Waals surface area contributed by atoms with Crippen LogP contribution in [-0.2, 0) is 4.79 Å². The molecule has 0 aliphatic carbocycles. The maximum atomic E-state index is 14.0. The lowest BCUT2D eigenvalue weighted by Gasteiger charge is -2.43. The number of ether oxygens (including phenoxy) is 1. The minimum atomic E-state index is -0.613. The number of hydrogen-bond acceptors (Lipinski definition) is 6. The number of piperidine rings is 1. The van der Waals surface area contributed by atoms with Crippen LogP contribution in [0.1, 0.15) is 35.4 Å². The average molecular weight is 569 g/mol. The first-order valence-electron chi connectivity index (χ1n) is 13.6. The Labute approximate surface area is 238 Å². The zero-order valence-electron chi connectivity index (χ0n) is 22.9. The smallest absolute Gasteiger partial charge is 0.259 e. The van der Waals surface area contributed by atoms with Crippen LogP contribution in [0.5, 0.6) is 5.75 Å². The summed E-state index contributed by atoms with van der Waals surface area (Å²) in [7, 11) is 2.05. The number of benzene rings is 2. The lowest BCUT2D eigenvalue weighted by Crippen LogP contribution is -2.53. The summed E-state index contributed by atoms with van der Waals surface area (Å²) < 4.78 is 25.1. The Morgan fingerprint density at radius 1 is 1.05 bits per heavy atom. The van der Waals surface area contributed by atoms with Gasteiger partial charge >= 0.3 is 0 Å². The van der Waals surface area contributed by atoms with Crippen molar-refractivity contribution in [2.45, 2.75) is 26.2 Å². The molecule has 0 radical (unpaired) electrons. The third kappa shape index (κ3) is 6.15. The highest BCUT2D eigenvalue weighted by atomic mass is 35.5. The van der Waals surface area contributed by atoms with Gasteiger partial charge in [0, 0.05) is 56.7 Å². The molecule has 5 rings (SSSR count). The van der Waals surface area contributed by atoms with Gasteiger partial charge in [0.1, 0.15) is 28.6 Å². The van der Waals surface area contributed by atoms with E-state index in [9.17, 15) is 14.0 Å². The molecule has 3 aromatic rings. The van der Waals surface area contributed by atoms with Crippen molar-refractivity contribution in [3.8, 4) is 17.0 Å². The van der Waals surface area contributed by atoms with Crippen LogP contribution in [0.3, 0.4) is 0 Å². The van der Waals surface area contributed by atoms with Crippen LogP contribution in [0.25, 0.3) is 11.3 Å². The molecule has 2 fully saturated rings. The molecule has 3 heterocycles. The number of likely N-dealkylation sites (tertiary alicyclic amines) is 1. The SMILES string of the molecule is Cc1onc(-c2ccccc2Cl)c1C(=O)N1CCC[C@](COc2ccc(F)cc2)(CC(=O)N2CCN(C)CC2)C1. The van der Waals surface area contributed by atoms with Crippen LogP contribution in [0.15, 0.2) is 53.1 Å². The fourth-order valence-electron chi connectivity index (χ4n) is 5.57.